The van der Waals surface area contributed by atoms with Crippen molar-refractivity contribution in [3.63, 3.8) is 0 Å². The zero-order valence-electron chi connectivity index (χ0n) is 15.2. The van der Waals surface area contributed by atoms with Crippen LogP contribution in [0.2, 0.25) is 0 Å². The van der Waals surface area contributed by atoms with Crippen molar-refractivity contribution in [3.05, 3.63) is 53.9 Å². The van der Waals surface area contributed by atoms with E-state index in [4.69, 9.17) is 5.10 Å². The maximum absolute atomic E-state index is 4.69. The van der Waals surface area contributed by atoms with Crippen molar-refractivity contribution in [1.82, 2.24) is 34.4 Å². The first kappa shape index (κ1) is 16.7. The molecule has 4 heterocycles. The molecule has 3 aromatic heterocycles. The molecule has 0 radical (unpaired) electrons. The molecule has 0 saturated carbocycles. The molecule has 0 aliphatic carbocycles. The van der Waals surface area contributed by atoms with Crippen molar-refractivity contribution >= 4 is 5.95 Å². The van der Waals surface area contributed by atoms with Crippen molar-refractivity contribution in [1.29, 1.82) is 0 Å². The van der Waals surface area contributed by atoms with Gasteiger partial charge in [0.2, 0.25) is 5.95 Å². The second-order valence-electron chi connectivity index (χ2n) is 6.91. The van der Waals surface area contributed by atoms with Gasteiger partial charge in [-0.25, -0.2) is 9.97 Å². The van der Waals surface area contributed by atoms with Gasteiger partial charge in [0, 0.05) is 49.8 Å². The summed E-state index contributed by atoms with van der Waals surface area (Å²) >= 11 is 0. The number of nitrogens with zero attached hydrogens (tertiary/aromatic N) is 7. The first-order valence-electron chi connectivity index (χ1n) is 8.99. The number of hydrogen-bond donors (Lipinski definition) is 1. The Morgan fingerprint density at radius 3 is 2.81 bits per heavy atom. The number of aromatic nitrogens is 6. The van der Waals surface area contributed by atoms with Crippen LogP contribution in [0.3, 0.4) is 0 Å². The highest BCUT2D eigenvalue weighted by atomic mass is 15.3. The molecule has 4 rings (SSSR count). The van der Waals surface area contributed by atoms with Gasteiger partial charge >= 0.3 is 0 Å². The first-order valence-corrected chi connectivity index (χ1v) is 8.99. The molecule has 26 heavy (non-hydrogen) atoms. The van der Waals surface area contributed by atoms with E-state index in [0.717, 1.165) is 31.9 Å². The molecule has 0 saturated heterocycles. The number of fused-ring (bicyclic) bond motifs is 1. The molecule has 3 aromatic rings. The zero-order chi connectivity index (χ0) is 17.9. The Hall–Kier alpha value is -2.74. The highest BCUT2D eigenvalue weighted by molar-refractivity contribution is 5.24. The van der Waals surface area contributed by atoms with Crippen LogP contribution in [-0.4, -0.2) is 41.0 Å². The van der Waals surface area contributed by atoms with E-state index in [9.17, 15) is 0 Å². The number of hydrogen-bond acceptors (Lipinski definition) is 6. The fourth-order valence-electron chi connectivity index (χ4n) is 3.16. The highest BCUT2D eigenvalue weighted by Crippen LogP contribution is 2.17. The summed E-state index contributed by atoms with van der Waals surface area (Å²) in [7, 11) is 0. The minimum absolute atomic E-state index is 0.398. The molecule has 136 valence electrons. The van der Waals surface area contributed by atoms with E-state index < -0.39 is 0 Å². The summed E-state index contributed by atoms with van der Waals surface area (Å²) < 4.78 is 4.12. The van der Waals surface area contributed by atoms with Gasteiger partial charge in [0.05, 0.1) is 30.7 Å². The van der Waals surface area contributed by atoms with Gasteiger partial charge in [0.25, 0.3) is 0 Å². The Morgan fingerprint density at radius 2 is 2.04 bits per heavy atom. The summed E-state index contributed by atoms with van der Waals surface area (Å²) in [6, 6.07) is 4.37. The van der Waals surface area contributed by atoms with E-state index in [0.29, 0.717) is 18.5 Å². The molecule has 1 aliphatic heterocycles. The van der Waals surface area contributed by atoms with Crippen molar-refractivity contribution < 1.29 is 0 Å². The third-order valence-corrected chi connectivity index (χ3v) is 4.51. The van der Waals surface area contributed by atoms with Gasteiger partial charge < -0.3 is 5.32 Å². The fraction of sp³-hybridized carbons (Fsp3) is 0.444. The first-order chi connectivity index (χ1) is 12.7. The third-order valence-electron chi connectivity index (χ3n) is 4.51. The van der Waals surface area contributed by atoms with Crippen molar-refractivity contribution in [2.75, 3.05) is 11.9 Å². The molecule has 0 aromatic carbocycles. The van der Waals surface area contributed by atoms with Crippen LogP contribution in [0, 0.1) is 0 Å². The Balaban J connectivity index is 1.36. The monoisotopic (exact) mass is 352 g/mol. The average Bonchev–Trinajstić information content (AvgIpc) is 3.27. The molecule has 0 fully saturated rings. The van der Waals surface area contributed by atoms with Gasteiger partial charge in [-0.15, -0.1) is 0 Å². The summed E-state index contributed by atoms with van der Waals surface area (Å²) in [6.45, 7) is 8.65. The third kappa shape index (κ3) is 3.75. The maximum atomic E-state index is 4.69. The van der Waals surface area contributed by atoms with Gasteiger partial charge in [-0.2, -0.15) is 10.2 Å². The number of anilines is 1. The Kier molecular flexibility index (Phi) is 4.66. The summed E-state index contributed by atoms with van der Waals surface area (Å²) in [4.78, 5) is 10.8. The van der Waals surface area contributed by atoms with E-state index in [1.807, 2.05) is 10.9 Å². The predicted molar refractivity (Wildman–Crippen MR) is 98.3 cm³/mol. The lowest BCUT2D eigenvalue weighted by Crippen LogP contribution is -2.33. The highest BCUT2D eigenvalue weighted by Gasteiger charge is 2.19. The summed E-state index contributed by atoms with van der Waals surface area (Å²) in [5, 5.41) is 12.3. The SMILES string of the molecule is CC(C)n1cc(CN2CCn3nc(CNc4ncccn4)cc3C2)cn1. The van der Waals surface area contributed by atoms with Gasteiger partial charge in [0.15, 0.2) is 0 Å². The van der Waals surface area contributed by atoms with E-state index in [2.05, 4.69) is 56.1 Å². The van der Waals surface area contributed by atoms with Crippen molar-refractivity contribution in [2.24, 2.45) is 0 Å². The molecule has 1 N–H and O–H groups in total. The van der Waals surface area contributed by atoms with Crippen LogP contribution in [0.5, 0.6) is 0 Å². The van der Waals surface area contributed by atoms with Crippen LogP contribution in [0.4, 0.5) is 5.95 Å². The second-order valence-corrected chi connectivity index (χ2v) is 6.91. The number of nitrogens with one attached hydrogen (secondary N) is 1. The number of rotatable bonds is 6. The summed E-state index contributed by atoms with van der Waals surface area (Å²) in [5.74, 6) is 0.627. The van der Waals surface area contributed by atoms with Crippen LogP contribution >= 0.6 is 0 Å². The molecular weight excluding hydrogens is 328 g/mol. The maximum Gasteiger partial charge on any atom is 0.222 e. The van der Waals surface area contributed by atoms with Crippen molar-refractivity contribution in [3.8, 4) is 0 Å². The van der Waals surface area contributed by atoms with Gasteiger partial charge in [-0.3, -0.25) is 14.3 Å². The molecule has 0 bridgehead atoms. The molecule has 0 amide bonds. The van der Waals surface area contributed by atoms with Crippen molar-refractivity contribution in [2.45, 2.75) is 46.1 Å². The Bertz CT molecular complexity index is 851. The molecular formula is C18H24N8. The standard InChI is InChI=1S/C18H24N8/c1-14(2)26-12-15(9-22-26)11-24-6-7-25-17(13-24)8-16(23-25)10-21-18-19-4-3-5-20-18/h3-5,8-9,12,14H,6-7,10-11,13H2,1-2H3,(H,19,20,21). The zero-order valence-corrected chi connectivity index (χ0v) is 15.2. The molecule has 8 heteroatoms. The minimum Gasteiger partial charge on any atom is -0.348 e. The average molecular weight is 352 g/mol. The summed E-state index contributed by atoms with van der Waals surface area (Å²) in [5.41, 5.74) is 3.52. The van der Waals surface area contributed by atoms with Crippen LogP contribution < -0.4 is 5.32 Å². The molecule has 0 atom stereocenters. The molecule has 8 nitrogen and oxygen atoms in total. The Labute approximate surface area is 152 Å². The van der Waals surface area contributed by atoms with Gasteiger partial charge in [0.1, 0.15) is 0 Å². The molecule has 0 unspecified atom stereocenters. The van der Waals surface area contributed by atoms with E-state index in [1.165, 1.54) is 11.3 Å². The van der Waals surface area contributed by atoms with Crippen LogP contribution in [0.1, 0.15) is 36.8 Å². The fourth-order valence-corrected chi connectivity index (χ4v) is 3.16. The largest absolute Gasteiger partial charge is 0.348 e. The lowest BCUT2D eigenvalue weighted by molar-refractivity contribution is 0.205. The topological polar surface area (TPSA) is 76.7 Å². The van der Waals surface area contributed by atoms with Crippen LogP contribution in [-0.2, 0) is 26.2 Å². The lowest BCUT2D eigenvalue weighted by atomic mass is 10.2. The van der Waals surface area contributed by atoms with E-state index in [-0.39, 0.29) is 0 Å². The Morgan fingerprint density at radius 1 is 1.19 bits per heavy atom. The quantitative estimate of drug-likeness (QED) is 0.732. The van der Waals surface area contributed by atoms with E-state index >= 15 is 0 Å². The van der Waals surface area contributed by atoms with Gasteiger partial charge in [-0.1, -0.05) is 0 Å². The minimum atomic E-state index is 0.398. The lowest BCUT2D eigenvalue weighted by Gasteiger charge is -2.26. The summed E-state index contributed by atoms with van der Waals surface area (Å²) in [6.07, 6.45) is 7.58. The second kappa shape index (κ2) is 7.25. The predicted octanol–water partition coefficient (Wildman–Crippen LogP) is 2.08. The molecule has 1 aliphatic rings. The van der Waals surface area contributed by atoms with E-state index in [1.54, 1.807) is 18.5 Å². The van der Waals surface area contributed by atoms with Crippen LogP contribution in [0.15, 0.2) is 36.9 Å². The normalized spacial score (nSPS) is 14.6. The molecule has 0 spiro atoms. The smallest absolute Gasteiger partial charge is 0.222 e. The van der Waals surface area contributed by atoms with Gasteiger partial charge in [-0.05, 0) is 26.0 Å². The van der Waals surface area contributed by atoms with Crippen LogP contribution in [0.25, 0.3) is 0 Å².